The van der Waals surface area contributed by atoms with E-state index in [-0.39, 0.29) is 0 Å². The second-order valence-corrected chi connectivity index (χ2v) is 5.38. The quantitative estimate of drug-likeness (QED) is 0.805. The van der Waals surface area contributed by atoms with Crippen LogP contribution in [0.3, 0.4) is 0 Å². The molecule has 2 N–H and O–H groups in total. The van der Waals surface area contributed by atoms with Gasteiger partial charge in [0.1, 0.15) is 5.92 Å². The Morgan fingerprint density at radius 1 is 1.33 bits per heavy atom. The van der Waals surface area contributed by atoms with Crippen molar-refractivity contribution >= 4 is 17.6 Å². The number of nitrogens with one attached hydrogen (secondary N) is 1. The fourth-order valence-corrected chi connectivity index (χ4v) is 1.71. The lowest BCUT2D eigenvalue weighted by Crippen LogP contribution is -2.39. The number of hydrogen-bond donors (Lipinski definition) is 2. The number of carbonyl (C=O) groups is 2. The van der Waals surface area contributed by atoms with Gasteiger partial charge in [0, 0.05) is 6.20 Å². The van der Waals surface area contributed by atoms with Gasteiger partial charge in [-0.3, -0.25) is 14.6 Å². The molecule has 1 aromatic heterocycles. The number of aromatic nitrogens is 1. The largest absolute Gasteiger partial charge is 0.481 e. The second-order valence-electron chi connectivity index (χ2n) is 5.38. The number of rotatable bonds is 3. The molecule has 0 fully saturated rings. The molecule has 1 unspecified atom stereocenters. The molecule has 1 heterocycles. The first kappa shape index (κ1) is 14.2. The lowest BCUT2D eigenvalue weighted by atomic mass is 9.80. The monoisotopic (exact) mass is 250 g/mol. The Morgan fingerprint density at radius 2 is 1.94 bits per heavy atom. The highest BCUT2D eigenvalue weighted by Gasteiger charge is 2.37. The van der Waals surface area contributed by atoms with E-state index in [0.717, 1.165) is 5.56 Å². The summed E-state index contributed by atoms with van der Waals surface area (Å²) < 4.78 is 0. The predicted octanol–water partition coefficient (Wildman–Crippen LogP) is 2.08. The van der Waals surface area contributed by atoms with Crippen molar-refractivity contribution in [1.82, 2.24) is 4.98 Å². The van der Waals surface area contributed by atoms with Gasteiger partial charge in [-0.1, -0.05) is 20.8 Å². The third-order valence-corrected chi connectivity index (χ3v) is 2.52. The minimum Gasteiger partial charge on any atom is -0.481 e. The van der Waals surface area contributed by atoms with E-state index < -0.39 is 23.2 Å². The summed E-state index contributed by atoms with van der Waals surface area (Å²) in [5.41, 5.74) is 0.763. The Bertz CT molecular complexity index is 464. The van der Waals surface area contributed by atoms with E-state index in [1.54, 1.807) is 33.0 Å². The van der Waals surface area contributed by atoms with E-state index in [2.05, 4.69) is 10.3 Å². The van der Waals surface area contributed by atoms with Crippen LogP contribution in [0.15, 0.2) is 18.5 Å². The van der Waals surface area contributed by atoms with Crippen molar-refractivity contribution in [2.45, 2.75) is 27.7 Å². The van der Waals surface area contributed by atoms with Gasteiger partial charge in [-0.05, 0) is 24.0 Å². The van der Waals surface area contributed by atoms with Gasteiger partial charge in [-0.15, -0.1) is 0 Å². The maximum atomic E-state index is 12.0. The molecule has 18 heavy (non-hydrogen) atoms. The summed E-state index contributed by atoms with van der Waals surface area (Å²) in [7, 11) is 0. The molecule has 0 spiro atoms. The molecule has 0 aromatic carbocycles. The second kappa shape index (κ2) is 5.16. The molecule has 1 amide bonds. The standard InChI is InChI=1S/C13H18N2O3/c1-8-5-9(7-14-6-8)15-11(16)10(12(17)18)13(2,3)4/h5-7,10H,1-4H3,(H,15,16)(H,17,18). The van der Waals surface area contributed by atoms with Crippen LogP contribution in [0.4, 0.5) is 5.69 Å². The van der Waals surface area contributed by atoms with Crippen molar-refractivity contribution in [3.63, 3.8) is 0 Å². The van der Waals surface area contributed by atoms with Gasteiger partial charge >= 0.3 is 5.97 Å². The number of carboxylic acids is 1. The van der Waals surface area contributed by atoms with Gasteiger partial charge in [0.2, 0.25) is 5.91 Å². The predicted molar refractivity (Wildman–Crippen MR) is 68.2 cm³/mol. The minimum absolute atomic E-state index is 0.510. The third kappa shape index (κ3) is 3.55. The number of hydrogen-bond acceptors (Lipinski definition) is 3. The molecule has 1 rings (SSSR count). The van der Waals surface area contributed by atoms with Gasteiger partial charge in [-0.2, -0.15) is 0 Å². The molecule has 0 saturated carbocycles. The van der Waals surface area contributed by atoms with Gasteiger partial charge in [-0.25, -0.2) is 0 Å². The Morgan fingerprint density at radius 3 is 2.39 bits per heavy atom. The summed E-state index contributed by atoms with van der Waals surface area (Å²) in [6.45, 7) is 7.01. The minimum atomic E-state index is -1.12. The van der Waals surface area contributed by atoms with Crippen molar-refractivity contribution in [2.24, 2.45) is 11.3 Å². The molecule has 5 heteroatoms. The third-order valence-electron chi connectivity index (χ3n) is 2.52. The van der Waals surface area contributed by atoms with Crippen LogP contribution in [0.1, 0.15) is 26.3 Å². The van der Waals surface area contributed by atoms with Gasteiger partial charge in [0.05, 0.1) is 11.9 Å². The average molecular weight is 250 g/mol. The first-order valence-electron chi connectivity index (χ1n) is 5.67. The number of amides is 1. The van der Waals surface area contributed by atoms with Crippen molar-refractivity contribution in [2.75, 3.05) is 5.32 Å². The molecule has 0 radical (unpaired) electrons. The highest BCUT2D eigenvalue weighted by Crippen LogP contribution is 2.27. The van der Waals surface area contributed by atoms with Crippen molar-refractivity contribution < 1.29 is 14.7 Å². The fraction of sp³-hybridized carbons (Fsp3) is 0.462. The van der Waals surface area contributed by atoms with Crippen LogP contribution >= 0.6 is 0 Å². The lowest BCUT2D eigenvalue weighted by Gasteiger charge is -2.25. The summed E-state index contributed by atoms with van der Waals surface area (Å²) in [5.74, 6) is -2.75. The molecule has 0 saturated heterocycles. The number of anilines is 1. The van der Waals surface area contributed by atoms with Crippen LogP contribution in [0.25, 0.3) is 0 Å². The molecule has 0 aliphatic carbocycles. The summed E-state index contributed by atoms with van der Waals surface area (Å²) in [6.07, 6.45) is 3.15. The number of aryl methyl sites for hydroxylation is 1. The molecule has 0 bridgehead atoms. The SMILES string of the molecule is Cc1cncc(NC(=O)C(C(=O)O)C(C)(C)C)c1. The first-order valence-corrected chi connectivity index (χ1v) is 5.67. The smallest absolute Gasteiger partial charge is 0.316 e. The zero-order valence-electron chi connectivity index (χ0n) is 11.0. The van der Waals surface area contributed by atoms with Crippen LogP contribution < -0.4 is 5.32 Å². The van der Waals surface area contributed by atoms with Crippen LogP contribution in [0, 0.1) is 18.3 Å². The van der Waals surface area contributed by atoms with Crippen LogP contribution in [-0.4, -0.2) is 22.0 Å². The number of carbonyl (C=O) groups excluding carboxylic acids is 1. The summed E-state index contributed by atoms with van der Waals surface area (Å²) in [5, 5.41) is 11.7. The van der Waals surface area contributed by atoms with Gasteiger partial charge in [0.25, 0.3) is 0 Å². The Labute approximate surface area is 106 Å². The first-order chi connectivity index (χ1) is 8.21. The van der Waals surface area contributed by atoms with Crippen LogP contribution in [0.2, 0.25) is 0 Å². The molecular weight excluding hydrogens is 232 g/mol. The van der Waals surface area contributed by atoms with Gasteiger partial charge < -0.3 is 10.4 Å². The summed E-state index contributed by atoms with van der Waals surface area (Å²) in [6, 6.07) is 1.74. The normalized spacial score (nSPS) is 12.9. The Kier molecular flexibility index (Phi) is 4.06. The number of aliphatic carboxylic acids is 1. The van der Waals surface area contributed by atoms with E-state index in [0.29, 0.717) is 5.69 Å². The fourth-order valence-electron chi connectivity index (χ4n) is 1.71. The van der Waals surface area contributed by atoms with E-state index >= 15 is 0 Å². The molecule has 5 nitrogen and oxygen atoms in total. The Balaban J connectivity index is 2.90. The van der Waals surface area contributed by atoms with Crippen molar-refractivity contribution in [1.29, 1.82) is 0 Å². The van der Waals surface area contributed by atoms with E-state index in [1.165, 1.54) is 6.20 Å². The number of pyridine rings is 1. The zero-order valence-corrected chi connectivity index (χ0v) is 11.0. The highest BCUT2D eigenvalue weighted by molar-refractivity contribution is 6.04. The average Bonchev–Trinajstić information content (AvgIpc) is 2.13. The van der Waals surface area contributed by atoms with E-state index in [4.69, 9.17) is 5.11 Å². The summed E-state index contributed by atoms with van der Waals surface area (Å²) >= 11 is 0. The van der Waals surface area contributed by atoms with Crippen LogP contribution in [-0.2, 0) is 9.59 Å². The Hall–Kier alpha value is -1.91. The van der Waals surface area contributed by atoms with Crippen LogP contribution in [0.5, 0.6) is 0 Å². The van der Waals surface area contributed by atoms with E-state index in [1.807, 2.05) is 6.92 Å². The van der Waals surface area contributed by atoms with Crippen molar-refractivity contribution in [3.8, 4) is 0 Å². The van der Waals surface area contributed by atoms with E-state index in [9.17, 15) is 9.59 Å². The maximum Gasteiger partial charge on any atom is 0.316 e. The molecule has 1 atom stereocenters. The molecule has 0 aliphatic heterocycles. The maximum absolute atomic E-state index is 12.0. The van der Waals surface area contributed by atoms with Gasteiger partial charge in [0.15, 0.2) is 0 Å². The molecule has 1 aromatic rings. The zero-order chi connectivity index (χ0) is 13.9. The van der Waals surface area contributed by atoms with Crippen molar-refractivity contribution in [3.05, 3.63) is 24.0 Å². The molecule has 98 valence electrons. The number of carboxylic acid groups (broad SMARTS) is 1. The summed E-state index contributed by atoms with van der Waals surface area (Å²) in [4.78, 5) is 27.1. The molecule has 0 aliphatic rings. The lowest BCUT2D eigenvalue weighted by molar-refractivity contribution is -0.149. The number of nitrogens with zero attached hydrogens (tertiary/aromatic N) is 1. The topological polar surface area (TPSA) is 79.3 Å². The molecular formula is C13H18N2O3. The highest BCUT2D eigenvalue weighted by atomic mass is 16.4.